The molecular formula is C51H33N3O. The molecule has 1 aromatic heterocycles. The van der Waals surface area contributed by atoms with E-state index >= 15 is 0 Å². The zero-order valence-corrected chi connectivity index (χ0v) is 29.8. The van der Waals surface area contributed by atoms with E-state index in [1.54, 1.807) is 0 Å². The number of furan rings is 1. The van der Waals surface area contributed by atoms with E-state index in [2.05, 4.69) is 169 Å². The molecule has 11 rings (SSSR count). The van der Waals surface area contributed by atoms with Gasteiger partial charge in [-0.1, -0.05) is 170 Å². The molecule has 0 aliphatic carbocycles. The van der Waals surface area contributed by atoms with Gasteiger partial charge in [-0.15, -0.1) is 0 Å². The van der Waals surface area contributed by atoms with Crippen molar-refractivity contribution < 1.29 is 4.42 Å². The molecule has 4 heteroatoms. The molecule has 1 atom stereocenters. The molecule has 0 fully saturated rings. The zero-order chi connectivity index (χ0) is 36.3. The molecule has 10 aromatic rings. The maximum Gasteiger partial charge on any atom is 0.169 e. The van der Waals surface area contributed by atoms with Gasteiger partial charge in [0.15, 0.2) is 6.17 Å². The number of hydrogen-bond acceptors (Lipinski definition) is 4. The van der Waals surface area contributed by atoms with E-state index in [4.69, 9.17) is 14.4 Å². The summed E-state index contributed by atoms with van der Waals surface area (Å²) in [5.41, 5.74) is 9.29. The van der Waals surface area contributed by atoms with Crippen LogP contribution in [0.3, 0.4) is 0 Å². The van der Waals surface area contributed by atoms with E-state index < -0.39 is 6.17 Å². The number of hydrogen-bond donors (Lipinski definition) is 1. The molecule has 4 nitrogen and oxygen atoms in total. The van der Waals surface area contributed by atoms with Gasteiger partial charge in [0.25, 0.3) is 0 Å². The highest BCUT2D eigenvalue weighted by Gasteiger charge is 2.22. The number of fused-ring (bicyclic) bond motifs is 9. The van der Waals surface area contributed by atoms with E-state index in [1.807, 2.05) is 24.3 Å². The average Bonchev–Trinajstić information content (AvgIpc) is 3.65. The molecule has 2 heterocycles. The van der Waals surface area contributed by atoms with Crippen LogP contribution in [0.4, 0.5) is 0 Å². The Balaban J connectivity index is 1.02. The first kappa shape index (κ1) is 31.2. The topological polar surface area (TPSA) is 49.9 Å². The predicted molar refractivity (Wildman–Crippen MR) is 229 cm³/mol. The standard InChI is InChI=1S/C51H33N3O/c1-3-12-32(13-4-1)33-22-24-35(25-23-33)50-52-49(34-14-5-2-6-15-34)53-51(54-50)37-27-29-44-47(31-37)55-46-21-11-20-38(48(44)46)36-26-28-43-41-18-8-7-16-39(41)40-17-9-10-19-42(40)45(43)30-36/h1-31,51H,(H,52,53,54). The number of rotatable bonds is 5. The molecule has 0 amide bonds. The fraction of sp³-hybridized carbons (Fsp3) is 0.0196. The van der Waals surface area contributed by atoms with Crippen LogP contribution in [-0.4, -0.2) is 11.7 Å². The number of benzene rings is 9. The van der Waals surface area contributed by atoms with Crippen molar-refractivity contribution in [3.8, 4) is 22.3 Å². The van der Waals surface area contributed by atoms with Crippen molar-refractivity contribution in [3.05, 3.63) is 205 Å². The van der Waals surface area contributed by atoms with Gasteiger partial charge >= 0.3 is 0 Å². The Morgan fingerprint density at radius 2 is 0.873 bits per heavy atom. The van der Waals surface area contributed by atoms with Crippen molar-refractivity contribution in [2.45, 2.75) is 6.17 Å². The van der Waals surface area contributed by atoms with Crippen molar-refractivity contribution in [3.63, 3.8) is 0 Å². The lowest BCUT2D eigenvalue weighted by Crippen LogP contribution is -2.36. The molecule has 9 aromatic carbocycles. The Kier molecular flexibility index (Phi) is 7.20. The van der Waals surface area contributed by atoms with Gasteiger partial charge in [0.2, 0.25) is 0 Å². The lowest BCUT2D eigenvalue weighted by atomic mass is 9.91. The zero-order valence-electron chi connectivity index (χ0n) is 29.8. The smallest absolute Gasteiger partial charge is 0.169 e. The minimum atomic E-state index is -0.457. The first-order valence-electron chi connectivity index (χ1n) is 18.7. The SMILES string of the molecule is c1ccc(C2=NC(c3ccc4c(c3)oc3cccc(-c5ccc6c7ccccc7c7ccccc7c6c5)c34)N=C(c3ccc(-c4ccccc4)cc3)N2)cc1. The Bertz CT molecular complexity index is 3120. The van der Waals surface area contributed by atoms with E-state index in [-0.39, 0.29) is 0 Å². The summed E-state index contributed by atoms with van der Waals surface area (Å²) in [7, 11) is 0. The van der Waals surface area contributed by atoms with Crippen molar-refractivity contribution in [1.82, 2.24) is 5.32 Å². The van der Waals surface area contributed by atoms with Gasteiger partial charge in [-0.3, -0.25) is 0 Å². The van der Waals surface area contributed by atoms with Crippen LogP contribution in [0.2, 0.25) is 0 Å². The second kappa shape index (κ2) is 12.7. The van der Waals surface area contributed by atoms with Crippen molar-refractivity contribution >= 4 is 65.9 Å². The highest BCUT2D eigenvalue weighted by atomic mass is 16.3. The normalized spacial score (nSPS) is 14.4. The van der Waals surface area contributed by atoms with Gasteiger partial charge in [-0.2, -0.15) is 0 Å². The molecule has 1 aliphatic rings. The molecule has 1 unspecified atom stereocenters. The third kappa shape index (κ3) is 5.30. The minimum absolute atomic E-state index is 0.457. The van der Waals surface area contributed by atoms with E-state index in [0.29, 0.717) is 0 Å². The van der Waals surface area contributed by atoms with Gasteiger partial charge < -0.3 is 9.73 Å². The number of amidine groups is 2. The molecular weight excluding hydrogens is 671 g/mol. The summed E-state index contributed by atoms with van der Waals surface area (Å²) in [6.45, 7) is 0. The lowest BCUT2D eigenvalue weighted by Gasteiger charge is -2.22. The quantitative estimate of drug-likeness (QED) is 0.181. The Hall–Kier alpha value is -7.30. The Morgan fingerprint density at radius 3 is 1.55 bits per heavy atom. The van der Waals surface area contributed by atoms with Crippen LogP contribution in [0.25, 0.3) is 76.5 Å². The maximum absolute atomic E-state index is 6.63. The first-order chi connectivity index (χ1) is 27.2. The molecule has 0 saturated heterocycles. The van der Waals surface area contributed by atoms with Crippen LogP contribution in [0.15, 0.2) is 202 Å². The molecule has 0 radical (unpaired) electrons. The van der Waals surface area contributed by atoms with Crippen LogP contribution in [0.5, 0.6) is 0 Å². The Labute approximate surface area is 317 Å². The minimum Gasteiger partial charge on any atom is -0.456 e. The van der Waals surface area contributed by atoms with Crippen LogP contribution in [-0.2, 0) is 0 Å². The fourth-order valence-electron chi connectivity index (χ4n) is 8.26. The summed E-state index contributed by atoms with van der Waals surface area (Å²) in [6, 6.07) is 66.3. The molecule has 0 saturated carbocycles. The summed E-state index contributed by atoms with van der Waals surface area (Å²) in [4.78, 5) is 10.3. The molecule has 1 aliphatic heterocycles. The molecule has 0 bridgehead atoms. The third-order valence-corrected chi connectivity index (χ3v) is 10.9. The fourth-order valence-corrected chi connectivity index (χ4v) is 8.26. The van der Waals surface area contributed by atoms with Crippen molar-refractivity contribution in [1.29, 1.82) is 0 Å². The van der Waals surface area contributed by atoms with Crippen molar-refractivity contribution in [2.75, 3.05) is 0 Å². The molecule has 0 spiro atoms. The van der Waals surface area contributed by atoms with Gasteiger partial charge in [-0.05, 0) is 72.8 Å². The monoisotopic (exact) mass is 703 g/mol. The number of nitrogens with one attached hydrogen (secondary N) is 1. The maximum atomic E-state index is 6.63. The molecule has 55 heavy (non-hydrogen) atoms. The van der Waals surface area contributed by atoms with Crippen molar-refractivity contribution in [2.24, 2.45) is 9.98 Å². The highest BCUT2D eigenvalue weighted by Crippen LogP contribution is 2.41. The largest absolute Gasteiger partial charge is 0.456 e. The third-order valence-electron chi connectivity index (χ3n) is 10.9. The first-order valence-corrected chi connectivity index (χ1v) is 18.7. The Morgan fingerprint density at radius 1 is 0.364 bits per heavy atom. The van der Waals surface area contributed by atoms with Crippen LogP contribution in [0.1, 0.15) is 22.9 Å². The van der Waals surface area contributed by atoms with E-state index in [1.165, 1.54) is 37.9 Å². The number of nitrogens with zero attached hydrogens (tertiary/aromatic N) is 2. The summed E-state index contributed by atoms with van der Waals surface area (Å²) in [5, 5.41) is 13.3. The van der Waals surface area contributed by atoms with Crippen LogP contribution >= 0.6 is 0 Å². The molecule has 258 valence electrons. The average molecular weight is 704 g/mol. The summed E-state index contributed by atoms with van der Waals surface area (Å²) in [5.74, 6) is 1.56. The van der Waals surface area contributed by atoms with Gasteiger partial charge in [0.05, 0.1) is 0 Å². The second-order valence-electron chi connectivity index (χ2n) is 14.2. The van der Waals surface area contributed by atoms with Gasteiger partial charge in [-0.25, -0.2) is 9.98 Å². The van der Waals surface area contributed by atoms with E-state index in [9.17, 15) is 0 Å². The highest BCUT2D eigenvalue weighted by molar-refractivity contribution is 6.26. The predicted octanol–water partition coefficient (Wildman–Crippen LogP) is 12.9. The van der Waals surface area contributed by atoms with Gasteiger partial charge in [0, 0.05) is 27.5 Å². The molecule has 1 N–H and O–H groups in total. The van der Waals surface area contributed by atoms with Gasteiger partial charge in [0.1, 0.15) is 22.8 Å². The summed E-state index contributed by atoms with van der Waals surface area (Å²) in [6.07, 6.45) is -0.457. The number of aliphatic imine (C=N–C) groups is 2. The van der Waals surface area contributed by atoms with Crippen LogP contribution in [0, 0.1) is 0 Å². The lowest BCUT2D eigenvalue weighted by molar-refractivity contribution is 0.665. The second-order valence-corrected chi connectivity index (χ2v) is 14.2. The van der Waals surface area contributed by atoms with E-state index in [0.717, 1.165) is 67.0 Å². The van der Waals surface area contributed by atoms with Crippen LogP contribution < -0.4 is 5.32 Å². The summed E-state index contributed by atoms with van der Waals surface area (Å²) < 4.78 is 6.63. The summed E-state index contributed by atoms with van der Waals surface area (Å²) >= 11 is 0.